The standard InChI is InChI=1S/C18H26N2O5S/c1-13-9-25-12-18(11-21,20(13)2)10-19-17(22)15-5-6-16-14(8-15)4-3-7-26(16,23)24/h5-6,8,13,21H,3-4,7,9-12H2,1-2H3,(H,19,22)/t13-,18+/m1/s1. The van der Waals surface area contributed by atoms with Gasteiger partial charge in [-0.05, 0) is 50.6 Å². The number of amides is 1. The van der Waals surface area contributed by atoms with E-state index in [1.807, 2.05) is 18.9 Å². The molecule has 7 nitrogen and oxygen atoms in total. The quantitative estimate of drug-likeness (QED) is 0.773. The second-order valence-electron chi connectivity index (χ2n) is 7.29. The first-order valence-corrected chi connectivity index (χ1v) is 10.5. The smallest absolute Gasteiger partial charge is 0.251 e. The zero-order valence-corrected chi connectivity index (χ0v) is 16.0. The van der Waals surface area contributed by atoms with Crippen LogP contribution in [-0.4, -0.2) is 75.1 Å². The summed E-state index contributed by atoms with van der Waals surface area (Å²) < 4.78 is 29.7. The van der Waals surface area contributed by atoms with Crippen LogP contribution in [0.4, 0.5) is 0 Å². The Hall–Kier alpha value is -1.48. The summed E-state index contributed by atoms with van der Waals surface area (Å²) in [7, 11) is -1.31. The normalized spacial score (nSPS) is 28.3. The number of fused-ring (bicyclic) bond motifs is 1. The average molecular weight is 382 g/mol. The van der Waals surface area contributed by atoms with Crippen molar-refractivity contribution in [2.75, 3.05) is 39.2 Å². The number of carbonyl (C=O) groups is 1. The summed E-state index contributed by atoms with van der Waals surface area (Å²) >= 11 is 0. The Labute approximate surface area is 154 Å². The number of aliphatic hydroxyl groups excluding tert-OH is 1. The van der Waals surface area contributed by atoms with E-state index < -0.39 is 15.4 Å². The van der Waals surface area contributed by atoms with Gasteiger partial charge in [0.25, 0.3) is 5.91 Å². The van der Waals surface area contributed by atoms with Crippen LogP contribution in [0.5, 0.6) is 0 Å². The predicted octanol–water partition coefficient (Wildman–Crippen LogP) is 0.218. The topological polar surface area (TPSA) is 95.9 Å². The number of hydrogen-bond donors (Lipinski definition) is 2. The van der Waals surface area contributed by atoms with Gasteiger partial charge in [0.05, 0.1) is 36.0 Å². The number of morpholine rings is 1. The van der Waals surface area contributed by atoms with Crippen molar-refractivity contribution in [1.29, 1.82) is 0 Å². The second kappa shape index (κ2) is 7.26. The van der Waals surface area contributed by atoms with Crippen LogP contribution in [0.2, 0.25) is 0 Å². The lowest BCUT2D eigenvalue weighted by Crippen LogP contribution is -2.65. The number of sulfone groups is 1. The molecular weight excluding hydrogens is 356 g/mol. The molecule has 2 heterocycles. The lowest BCUT2D eigenvalue weighted by Gasteiger charge is -2.47. The molecule has 144 valence electrons. The van der Waals surface area contributed by atoms with Crippen LogP contribution in [0.1, 0.15) is 29.3 Å². The molecule has 2 aliphatic heterocycles. The molecule has 1 amide bonds. The molecule has 0 unspecified atom stereocenters. The first kappa shape index (κ1) is 19.3. The molecule has 2 atom stereocenters. The summed E-state index contributed by atoms with van der Waals surface area (Å²) in [6.45, 7) is 3.06. The van der Waals surface area contributed by atoms with E-state index in [1.54, 1.807) is 12.1 Å². The van der Waals surface area contributed by atoms with Crippen molar-refractivity contribution in [3.8, 4) is 0 Å². The third-order valence-corrected chi connectivity index (χ3v) is 7.42. The largest absolute Gasteiger partial charge is 0.394 e. The number of nitrogens with one attached hydrogen (secondary N) is 1. The molecule has 1 aromatic carbocycles. The van der Waals surface area contributed by atoms with Crippen molar-refractivity contribution in [1.82, 2.24) is 10.2 Å². The molecular formula is C18H26N2O5S. The van der Waals surface area contributed by atoms with Crippen LogP contribution in [0.25, 0.3) is 0 Å². The highest BCUT2D eigenvalue weighted by Gasteiger charge is 2.40. The van der Waals surface area contributed by atoms with Gasteiger partial charge in [-0.3, -0.25) is 9.69 Å². The number of benzene rings is 1. The summed E-state index contributed by atoms with van der Waals surface area (Å²) in [5, 5.41) is 12.8. The molecule has 0 aliphatic carbocycles. The van der Waals surface area contributed by atoms with E-state index in [0.717, 1.165) is 0 Å². The maximum absolute atomic E-state index is 12.6. The summed E-state index contributed by atoms with van der Waals surface area (Å²) in [5.74, 6) is -0.120. The fourth-order valence-corrected chi connectivity index (χ4v) is 5.20. The van der Waals surface area contributed by atoms with Crippen LogP contribution >= 0.6 is 0 Å². The fourth-order valence-electron chi connectivity index (χ4n) is 3.62. The summed E-state index contributed by atoms with van der Waals surface area (Å²) in [4.78, 5) is 15.0. The molecule has 2 N–H and O–H groups in total. The molecule has 26 heavy (non-hydrogen) atoms. The number of rotatable bonds is 4. The number of hydrogen-bond acceptors (Lipinski definition) is 6. The first-order valence-electron chi connectivity index (χ1n) is 8.84. The number of carbonyl (C=O) groups excluding carboxylic acids is 1. The van der Waals surface area contributed by atoms with Gasteiger partial charge >= 0.3 is 0 Å². The molecule has 2 aliphatic rings. The van der Waals surface area contributed by atoms with Gasteiger partial charge in [0.1, 0.15) is 0 Å². The minimum absolute atomic E-state index is 0.128. The van der Waals surface area contributed by atoms with Gasteiger partial charge in [-0.15, -0.1) is 0 Å². The third kappa shape index (κ3) is 3.51. The van der Waals surface area contributed by atoms with Crippen LogP contribution in [0.3, 0.4) is 0 Å². The number of nitrogens with zero attached hydrogens (tertiary/aromatic N) is 1. The van der Waals surface area contributed by atoms with E-state index in [9.17, 15) is 18.3 Å². The van der Waals surface area contributed by atoms with Crippen molar-refractivity contribution in [2.24, 2.45) is 0 Å². The molecule has 1 aromatic rings. The van der Waals surface area contributed by atoms with Gasteiger partial charge in [-0.25, -0.2) is 8.42 Å². The number of ether oxygens (including phenoxy) is 1. The summed E-state index contributed by atoms with van der Waals surface area (Å²) in [6.07, 6.45) is 1.23. The van der Waals surface area contributed by atoms with Gasteiger partial charge in [-0.2, -0.15) is 0 Å². The highest BCUT2D eigenvalue weighted by Crippen LogP contribution is 2.26. The molecule has 0 bridgehead atoms. The summed E-state index contributed by atoms with van der Waals surface area (Å²) in [6, 6.07) is 4.88. The van der Waals surface area contributed by atoms with Crippen molar-refractivity contribution in [3.63, 3.8) is 0 Å². The summed E-state index contributed by atoms with van der Waals surface area (Å²) in [5.41, 5.74) is 0.471. The fraction of sp³-hybridized carbons (Fsp3) is 0.611. The first-order chi connectivity index (χ1) is 12.3. The Morgan fingerprint density at radius 3 is 2.96 bits per heavy atom. The predicted molar refractivity (Wildman–Crippen MR) is 97.0 cm³/mol. The average Bonchev–Trinajstić information content (AvgIpc) is 2.62. The highest BCUT2D eigenvalue weighted by molar-refractivity contribution is 7.91. The van der Waals surface area contributed by atoms with Crippen LogP contribution < -0.4 is 5.32 Å². The molecule has 0 aromatic heterocycles. The molecule has 0 spiro atoms. The Kier molecular flexibility index (Phi) is 5.39. The Balaban J connectivity index is 1.74. The van der Waals surface area contributed by atoms with E-state index in [1.165, 1.54) is 6.07 Å². The van der Waals surface area contributed by atoms with Crippen LogP contribution in [0, 0.1) is 0 Å². The second-order valence-corrected chi connectivity index (χ2v) is 9.36. The molecule has 0 radical (unpaired) electrons. The zero-order chi connectivity index (χ0) is 18.9. The SMILES string of the molecule is C[C@@H]1COC[C@@](CO)(CNC(=O)c2ccc3c(c2)CCCS3(=O)=O)N1C. The van der Waals surface area contributed by atoms with E-state index in [2.05, 4.69) is 5.32 Å². The van der Waals surface area contributed by atoms with E-state index in [0.29, 0.717) is 42.1 Å². The number of aliphatic hydroxyl groups is 1. The molecule has 0 saturated carbocycles. The third-order valence-electron chi connectivity index (χ3n) is 5.53. The van der Waals surface area contributed by atoms with Gasteiger partial charge in [0.2, 0.25) is 0 Å². The van der Waals surface area contributed by atoms with Gasteiger partial charge in [0, 0.05) is 18.2 Å². The van der Waals surface area contributed by atoms with E-state index in [-0.39, 0.29) is 30.9 Å². The minimum Gasteiger partial charge on any atom is -0.394 e. The van der Waals surface area contributed by atoms with Crippen molar-refractivity contribution in [3.05, 3.63) is 29.3 Å². The number of aryl methyl sites for hydroxylation is 1. The maximum Gasteiger partial charge on any atom is 0.251 e. The maximum atomic E-state index is 12.6. The van der Waals surface area contributed by atoms with E-state index >= 15 is 0 Å². The highest BCUT2D eigenvalue weighted by atomic mass is 32.2. The molecule has 8 heteroatoms. The molecule has 3 rings (SSSR count). The van der Waals surface area contributed by atoms with E-state index in [4.69, 9.17) is 4.74 Å². The Morgan fingerprint density at radius 2 is 2.23 bits per heavy atom. The monoisotopic (exact) mass is 382 g/mol. The van der Waals surface area contributed by atoms with Gasteiger partial charge in [0.15, 0.2) is 9.84 Å². The molecule has 1 saturated heterocycles. The van der Waals surface area contributed by atoms with Crippen LogP contribution in [0.15, 0.2) is 23.1 Å². The minimum atomic E-state index is -3.23. The lowest BCUT2D eigenvalue weighted by atomic mass is 9.95. The van der Waals surface area contributed by atoms with Crippen molar-refractivity contribution < 1.29 is 23.1 Å². The van der Waals surface area contributed by atoms with Crippen molar-refractivity contribution in [2.45, 2.75) is 36.2 Å². The van der Waals surface area contributed by atoms with Crippen LogP contribution in [-0.2, 0) is 21.0 Å². The van der Waals surface area contributed by atoms with Gasteiger partial charge in [-0.1, -0.05) is 0 Å². The van der Waals surface area contributed by atoms with Gasteiger partial charge < -0.3 is 15.2 Å². The number of likely N-dealkylation sites (N-methyl/N-ethyl adjacent to an activating group) is 1. The van der Waals surface area contributed by atoms with Crippen molar-refractivity contribution >= 4 is 15.7 Å². The lowest BCUT2D eigenvalue weighted by molar-refractivity contribution is -0.105. The Bertz CT molecular complexity index is 795. The zero-order valence-electron chi connectivity index (χ0n) is 15.2. The Morgan fingerprint density at radius 1 is 1.46 bits per heavy atom. The molecule has 1 fully saturated rings.